The molecule has 2 rings (SSSR count). The van der Waals surface area contributed by atoms with Crippen molar-refractivity contribution in [2.75, 3.05) is 31.9 Å². The summed E-state index contributed by atoms with van der Waals surface area (Å²) in [6.07, 6.45) is 0.878. The van der Waals surface area contributed by atoms with Crippen molar-refractivity contribution in [2.24, 2.45) is 0 Å². The second-order valence-electron chi connectivity index (χ2n) is 5.07. The highest BCUT2D eigenvalue weighted by Crippen LogP contribution is 2.39. The molecule has 0 fully saturated rings. The lowest BCUT2D eigenvalue weighted by atomic mass is 9.88. The number of fused-ring (bicyclic) bond motifs is 1. The van der Waals surface area contributed by atoms with Gasteiger partial charge in [0.05, 0.1) is 6.07 Å². The number of rotatable bonds is 6. The molecule has 1 unspecified atom stereocenters. The summed E-state index contributed by atoms with van der Waals surface area (Å²) in [7, 11) is 0. The summed E-state index contributed by atoms with van der Waals surface area (Å²) >= 11 is 1.85. The highest BCUT2D eigenvalue weighted by atomic mass is 32.2. The molecule has 3 nitrogen and oxygen atoms in total. The van der Waals surface area contributed by atoms with Crippen LogP contribution in [0.2, 0.25) is 0 Å². The topological polar surface area (TPSA) is 39.1 Å². The Balaban J connectivity index is 2.10. The second-order valence-corrected chi connectivity index (χ2v) is 6.20. The van der Waals surface area contributed by atoms with E-state index in [2.05, 4.69) is 48.3 Å². The summed E-state index contributed by atoms with van der Waals surface area (Å²) in [5, 5.41) is 13.3. The van der Waals surface area contributed by atoms with Crippen molar-refractivity contribution in [3.63, 3.8) is 0 Å². The molecule has 1 aliphatic rings. The molecular formula is C16H23N3S. The molecule has 20 heavy (non-hydrogen) atoms. The van der Waals surface area contributed by atoms with Gasteiger partial charge in [0.15, 0.2) is 0 Å². The van der Waals surface area contributed by atoms with Crippen LogP contribution < -0.4 is 5.32 Å². The molecule has 0 aromatic heterocycles. The van der Waals surface area contributed by atoms with E-state index in [0.29, 0.717) is 0 Å². The van der Waals surface area contributed by atoms with Crippen molar-refractivity contribution in [3.05, 3.63) is 29.8 Å². The van der Waals surface area contributed by atoms with Gasteiger partial charge in [-0.15, -0.1) is 11.8 Å². The third-order valence-electron chi connectivity index (χ3n) is 4.02. The Bertz CT molecular complexity index is 479. The highest BCUT2D eigenvalue weighted by molar-refractivity contribution is 7.99. The normalized spacial score (nSPS) is 21.5. The van der Waals surface area contributed by atoms with Crippen molar-refractivity contribution in [2.45, 2.75) is 30.7 Å². The molecule has 4 heteroatoms. The zero-order valence-electron chi connectivity index (χ0n) is 12.4. The maximum Gasteiger partial charge on any atom is 0.134 e. The van der Waals surface area contributed by atoms with Crippen molar-refractivity contribution < 1.29 is 0 Å². The first-order valence-electron chi connectivity index (χ1n) is 7.36. The largest absolute Gasteiger partial charge is 0.303 e. The Morgan fingerprint density at radius 1 is 1.35 bits per heavy atom. The molecule has 1 heterocycles. The first-order valence-corrected chi connectivity index (χ1v) is 8.35. The van der Waals surface area contributed by atoms with Crippen LogP contribution in [0.4, 0.5) is 0 Å². The summed E-state index contributed by atoms with van der Waals surface area (Å²) in [4.78, 5) is 3.62. The molecule has 0 spiro atoms. The van der Waals surface area contributed by atoms with Crippen molar-refractivity contribution in [1.82, 2.24) is 10.2 Å². The quantitative estimate of drug-likeness (QED) is 0.874. The fourth-order valence-corrected chi connectivity index (χ4v) is 3.90. The van der Waals surface area contributed by atoms with Gasteiger partial charge in [-0.05, 0) is 31.1 Å². The van der Waals surface area contributed by atoms with Gasteiger partial charge < -0.3 is 4.90 Å². The van der Waals surface area contributed by atoms with Gasteiger partial charge in [-0.1, -0.05) is 32.0 Å². The first-order chi connectivity index (χ1) is 9.75. The van der Waals surface area contributed by atoms with E-state index in [9.17, 15) is 5.26 Å². The van der Waals surface area contributed by atoms with Crippen LogP contribution >= 0.6 is 11.8 Å². The minimum Gasteiger partial charge on any atom is -0.303 e. The molecule has 1 aliphatic heterocycles. The van der Waals surface area contributed by atoms with Gasteiger partial charge in [-0.25, -0.2) is 0 Å². The molecule has 108 valence electrons. The summed E-state index contributed by atoms with van der Waals surface area (Å²) in [5.74, 6) is 1.00. The predicted molar refractivity (Wildman–Crippen MR) is 84.9 cm³/mol. The predicted octanol–water partition coefficient (Wildman–Crippen LogP) is 2.83. The summed E-state index contributed by atoms with van der Waals surface area (Å²) in [5.41, 5.74) is 0.646. The molecule has 0 saturated heterocycles. The van der Waals surface area contributed by atoms with E-state index in [0.717, 1.165) is 43.9 Å². The third kappa shape index (κ3) is 3.17. The number of hydrogen-bond acceptors (Lipinski definition) is 4. The van der Waals surface area contributed by atoms with Gasteiger partial charge in [-0.2, -0.15) is 5.26 Å². The van der Waals surface area contributed by atoms with Gasteiger partial charge in [0, 0.05) is 23.7 Å². The number of thioether (sulfide) groups is 1. The Hall–Kier alpha value is -1.02. The monoisotopic (exact) mass is 289 g/mol. The minimum atomic E-state index is -0.505. The standard InChI is InChI=1S/C16H23N3S/c1-3-19(4-2)11-10-18-16(13-17)9-12-20-15-8-6-5-7-14(15)16/h5-8,18H,3-4,9-12H2,1-2H3. The van der Waals surface area contributed by atoms with E-state index in [-0.39, 0.29) is 0 Å². The molecule has 0 bridgehead atoms. The van der Waals surface area contributed by atoms with E-state index >= 15 is 0 Å². The molecule has 1 aromatic rings. The lowest BCUT2D eigenvalue weighted by Crippen LogP contribution is -2.46. The smallest absolute Gasteiger partial charge is 0.134 e. The molecular weight excluding hydrogens is 266 g/mol. The second kappa shape index (κ2) is 7.12. The summed E-state index contributed by atoms with van der Waals surface area (Å²) in [6.45, 7) is 8.32. The number of nitrogens with one attached hydrogen (secondary N) is 1. The number of benzene rings is 1. The molecule has 1 aromatic carbocycles. The molecule has 0 saturated carbocycles. The van der Waals surface area contributed by atoms with Gasteiger partial charge in [0.1, 0.15) is 5.54 Å². The summed E-state index contributed by atoms with van der Waals surface area (Å²) < 4.78 is 0. The lowest BCUT2D eigenvalue weighted by molar-refractivity contribution is 0.283. The zero-order valence-corrected chi connectivity index (χ0v) is 13.2. The highest BCUT2D eigenvalue weighted by Gasteiger charge is 2.36. The van der Waals surface area contributed by atoms with Gasteiger partial charge >= 0.3 is 0 Å². The molecule has 1 atom stereocenters. The maximum absolute atomic E-state index is 9.73. The third-order valence-corrected chi connectivity index (χ3v) is 5.10. The van der Waals surface area contributed by atoms with Crippen LogP contribution in [-0.2, 0) is 5.54 Å². The average Bonchev–Trinajstić information content (AvgIpc) is 2.51. The lowest BCUT2D eigenvalue weighted by Gasteiger charge is -2.34. The fourth-order valence-electron chi connectivity index (χ4n) is 2.70. The van der Waals surface area contributed by atoms with Gasteiger partial charge in [0.25, 0.3) is 0 Å². The Morgan fingerprint density at radius 3 is 2.80 bits per heavy atom. The minimum absolute atomic E-state index is 0.505. The van der Waals surface area contributed by atoms with Crippen LogP contribution in [-0.4, -0.2) is 36.8 Å². The molecule has 1 N–H and O–H groups in total. The molecule has 0 amide bonds. The van der Waals surface area contributed by atoms with Gasteiger partial charge in [0.2, 0.25) is 0 Å². The van der Waals surface area contributed by atoms with Gasteiger partial charge in [-0.3, -0.25) is 5.32 Å². The first kappa shape index (κ1) is 15.4. The number of likely N-dealkylation sites (N-methyl/N-ethyl adjacent to an activating group) is 1. The average molecular weight is 289 g/mol. The SMILES string of the molecule is CCN(CC)CCNC1(C#N)CCSc2ccccc21. The summed E-state index contributed by atoms with van der Waals surface area (Å²) in [6, 6.07) is 10.8. The Labute approximate surface area is 126 Å². The zero-order chi connectivity index (χ0) is 14.4. The maximum atomic E-state index is 9.73. The van der Waals surface area contributed by atoms with E-state index < -0.39 is 5.54 Å². The van der Waals surface area contributed by atoms with Crippen LogP contribution in [0.15, 0.2) is 29.2 Å². The van der Waals surface area contributed by atoms with Crippen LogP contribution in [0, 0.1) is 11.3 Å². The number of hydrogen-bond donors (Lipinski definition) is 1. The van der Waals surface area contributed by atoms with Crippen LogP contribution in [0.25, 0.3) is 0 Å². The molecule has 0 aliphatic carbocycles. The number of nitrogens with zero attached hydrogens (tertiary/aromatic N) is 2. The van der Waals surface area contributed by atoms with Crippen LogP contribution in [0.5, 0.6) is 0 Å². The van der Waals surface area contributed by atoms with E-state index in [1.54, 1.807) is 0 Å². The van der Waals surface area contributed by atoms with Crippen molar-refractivity contribution >= 4 is 11.8 Å². The van der Waals surface area contributed by atoms with E-state index in [1.165, 1.54) is 4.90 Å². The fraction of sp³-hybridized carbons (Fsp3) is 0.562. The molecule has 0 radical (unpaired) electrons. The van der Waals surface area contributed by atoms with E-state index in [4.69, 9.17) is 0 Å². The number of nitriles is 1. The van der Waals surface area contributed by atoms with E-state index in [1.807, 2.05) is 17.8 Å². The van der Waals surface area contributed by atoms with Crippen LogP contribution in [0.1, 0.15) is 25.8 Å². The van der Waals surface area contributed by atoms with Crippen molar-refractivity contribution in [3.8, 4) is 6.07 Å². The van der Waals surface area contributed by atoms with Crippen molar-refractivity contribution in [1.29, 1.82) is 5.26 Å². The Kier molecular flexibility index (Phi) is 5.47. The Morgan fingerprint density at radius 2 is 2.10 bits per heavy atom. The van der Waals surface area contributed by atoms with Crippen LogP contribution in [0.3, 0.4) is 0 Å².